The SMILES string of the molecule is O=C(O)c1cc(S(=O)(=O)N2CC[C@H](O)C2)cn1C1CC1. The first-order valence-corrected chi connectivity index (χ1v) is 7.97. The number of aromatic nitrogens is 1. The number of aliphatic hydroxyl groups excluding tert-OH is 1. The number of hydrogen-bond donors (Lipinski definition) is 2. The van der Waals surface area contributed by atoms with E-state index in [1.807, 2.05) is 0 Å². The Morgan fingerprint density at radius 2 is 2.00 bits per heavy atom. The maximum absolute atomic E-state index is 12.4. The van der Waals surface area contributed by atoms with Gasteiger partial charge in [0.05, 0.1) is 6.10 Å². The third-order valence-corrected chi connectivity index (χ3v) is 5.58. The summed E-state index contributed by atoms with van der Waals surface area (Å²) in [5.41, 5.74) is 0.00539. The predicted molar refractivity (Wildman–Crippen MR) is 69.0 cm³/mol. The molecule has 1 saturated heterocycles. The number of carbonyl (C=O) groups is 1. The standard InChI is InChI=1S/C12H16N2O5S/c15-9-3-4-13(6-9)20(18,19)10-5-11(12(16)17)14(7-10)8-1-2-8/h5,7-9,15H,1-4,6H2,(H,16,17)/t9-/m0/s1. The first-order chi connectivity index (χ1) is 9.39. The van der Waals surface area contributed by atoms with Crippen molar-refractivity contribution in [1.82, 2.24) is 8.87 Å². The Labute approximate surface area is 116 Å². The van der Waals surface area contributed by atoms with Crippen molar-refractivity contribution in [2.45, 2.75) is 36.3 Å². The second-order valence-electron chi connectivity index (χ2n) is 5.31. The molecule has 0 aromatic carbocycles. The highest BCUT2D eigenvalue weighted by atomic mass is 32.2. The average molecular weight is 300 g/mol. The molecule has 1 aromatic heterocycles. The van der Waals surface area contributed by atoms with E-state index in [1.54, 1.807) is 0 Å². The van der Waals surface area contributed by atoms with Gasteiger partial charge in [-0.15, -0.1) is 0 Å². The molecule has 1 atom stereocenters. The zero-order valence-corrected chi connectivity index (χ0v) is 11.6. The Kier molecular flexibility index (Phi) is 3.11. The number of nitrogens with zero attached hydrogens (tertiary/aromatic N) is 2. The van der Waals surface area contributed by atoms with Crippen molar-refractivity contribution >= 4 is 16.0 Å². The van der Waals surface area contributed by atoms with E-state index in [9.17, 15) is 18.3 Å². The van der Waals surface area contributed by atoms with Gasteiger partial charge in [0.1, 0.15) is 10.6 Å². The molecule has 1 aromatic rings. The lowest BCUT2D eigenvalue weighted by atomic mass is 10.3. The molecule has 3 rings (SSSR count). The van der Waals surface area contributed by atoms with E-state index in [1.165, 1.54) is 21.1 Å². The van der Waals surface area contributed by atoms with Crippen molar-refractivity contribution < 1.29 is 23.4 Å². The summed E-state index contributed by atoms with van der Waals surface area (Å²) in [7, 11) is -3.72. The first-order valence-electron chi connectivity index (χ1n) is 6.53. The van der Waals surface area contributed by atoms with Crippen LogP contribution in [0, 0.1) is 0 Å². The smallest absolute Gasteiger partial charge is 0.352 e. The minimum atomic E-state index is -3.72. The van der Waals surface area contributed by atoms with Crippen molar-refractivity contribution in [3.63, 3.8) is 0 Å². The van der Waals surface area contributed by atoms with Gasteiger partial charge in [-0.1, -0.05) is 0 Å². The maximum Gasteiger partial charge on any atom is 0.352 e. The van der Waals surface area contributed by atoms with Crippen LogP contribution in [0.15, 0.2) is 17.2 Å². The number of carboxylic acid groups (broad SMARTS) is 1. The van der Waals surface area contributed by atoms with Crippen molar-refractivity contribution in [2.75, 3.05) is 13.1 Å². The highest BCUT2D eigenvalue weighted by Gasteiger charge is 2.35. The van der Waals surface area contributed by atoms with Crippen LogP contribution in [-0.4, -0.2) is 52.7 Å². The molecule has 0 spiro atoms. The lowest BCUT2D eigenvalue weighted by Crippen LogP contribution is -2.29. The molecule has 2 fully saturated rings. The molecule has 1 aliphatic heterocycles. The van der Waals surface area contributed by atoms with Gasteiger partial charge in [-0.2, -0.15) is 4.31 Å². The van der Waals surface area contributed by atoms with Crippen LogP contribution in [0.5, 0.6) is 0 Å². The van der Waals surface area contributed by atoms with Gasteiger partial charge < -0.3 is 14.8 Å². The minimum absolute atomic E-state index is 0.00380. The van der Waals surface area contributed by atoms with Crippen LogP contribution >= 0.6 is 0 Å². The Morgan fingerprint density at radius 3 is 2.50 bits per heavy atom. The Bertz CT molecular complexity index is 647. The van der Waals surface area contributed by atoms with Crippen LogP contribution in [0.25, 0.3) is 0 Å². The molecule has 110 valence electrons. The zero-order chi connectivity index (χ0) is 14.5. The molecule has 7 nitrogen and oxygen atoms in total. The Hall–Kier alpha value is -1.38. The molecule has 2 heterocycles. The summed E-state index contributed by atoms with van der Waals surface area (Å²) >= 11 is 0. The average Bonchev–Trinajstić information content (AvgIpc) is 2.95. The van der Waals surface area contributed by atoms with Crippen LogP contribution in [0.4, 0.5) is 0 Å². The van der Waals surface area contributed by atoms with Gasteiger partial charge in [-0.3, -0.25) is 0 Å². The molecule has 0 unspecified atom stereocenters. The van der Waals surface area contributed by atoms with Crippen LogP contribution in [-0.2, 0) is 10.0 Å². The third kappa shape index (κ3) is 2.23. The molecule has 0 amide bonds. The maximum atomic E-state index is 12.4. The molecular weight excluding hydrogens is 284 g/mol. The van der Waals surface area contributed by atoms with Crippen molar-refractivity contribution in [3.8, 4) is 0 Å². The summed E-state index contributed by atoms with van der Waals surface area (Å²) in [6.45, 7) is 0.333. The van der Waals surface area contributed by atoms with Gasteiger partial charge in [0.25, 0.3) is 0 Å². The lowest BCUT2D eigenvalue weighted by Gasteiger charge is -2.14. The molecule has 1 aliphatic carbocycles. The monoisotopic (exact) mass is 300 g/mol. The first kappa shape index (κ1) is 13.6. The van der Waals surface area contributed by atoms with Crippen LogP contribution in [0.3, 0.4) is 0 Å². The number of aromatic carboxylic acids is 1. The van der Waals surface area contributed by atoms with Crippen LogP contribution < -0.4 is 0 Å². The second-order valence-corrected chi connectivity index (χ2v) is 7.25. The van der Waals surface area contributed by atoms with Crippen molar-refractivity contribution in [3.05, 3.63) is 18.0 Å². The number of hydrogen-bond acceptors (Lipinski definition) is 4. The minimum Gasteiger partial charge on any atom is -0.477 e. The summed E-state index contributed by atoms with van der Waals surface area (Å²) < 4.78 is 27.6. The number of carboxylic acids is 1. The van der Waals surface area contributed by atoms with Gasteiger partial charge in [-0.05, 0) is 25.3 Å². The predicted octanol–water partition coefficient (Wildman–Crippen LogP) is 0.276. The number of rotatable bonds is 4. The summed E-state index contributed by atoms with van der Waals surface area (Å²) in [4.78, 5) is 11.2. The summed E-state index contributed by atoms with van der Waals surface area (Å²) in [6.07, 6.45) is 2.91. The molecule has 2 N–H and O–H groups in total. The van der Waals surface area contributed by atoms with E-state index in [2.05, 4.69) is 0 Å². The van der Waals surface area contributed by atoms with E-state index < -0.39 is 22.1 Å². The number of β-amino-alcohol motifs (C(OH)–C–C–N with tert-alkyl or cyclic N) is 1. The Balaban J connectivity index is 1.97. The molecular formula is C12H16N2O5S. The molecule has 2 aliphatic rings. The third-order valence-electron chi connectivity index (χ3n) is 3.75. The van der Waals surface area contributed by atoms with E-state index in [4.69, 9.17) is 5.11 Å². The molecule has 0 bridgehead atoms. The van der Waals surface area contributed by atoms with Crippen LogP contribution in [0.1, 0.15) is 35.8 Å². The van der Waals surface area contributed by atoms with Gasteiger partial charge in [-0.25, -0.2) is 13.2 Å². The van der Waals surface area contributed by atoms with Gasteiger partial charge >= 0.3 is 5.97 Å². The van der Waals surface area contributed by atoms with E-state index in [-0.39, 0.29) is 29.7 Å². The van der Waals surface area contributed by atoms with E-state index in [0.29, 0.717) is 6.42 Å². The topological polar surface area (TPSA) is 99.8 Å². The lowest BCUT2D eigenvalue weighted by molar-refractivity contribution is 0.0685. The molecule has 1 saturated carbocycles. The van der Waals surface area contributed by atoms with Crippen molar-refractivity contribution in [1.29, 1.82) is 0 Å². The fraction of sp³-hybridized carbons (Fsp3) is 0.583. The zero-order valence-electron chi connectivity index (χ0n) is 10.8. The highest BCUT2D eigenvalue weighted by Crippen LogP contribution is 2.37. The number of aliphatic hydroxyl groups is 1. The van der Waals surface area contributed by atoms with Gasteiger partial charge in [0.2, 0.25) is 10.0 Å². The molecule has 20 heavy (non-hydrogen) atoms. The van der Waals surface area contributed by atoms with Crippen LogP contribution in [0.2, 0.25) is 0 Å². The molecule has 0 radical (unpaired) electrons. The summed E-state index contributed by atoms with van der Waals surface area (Å²) in [5.74, 6) is -1.13. The van der Waals surface area contributed by atoms with E-state index >= 15 is 0 Å². The fourth-order valence-electron chi connectivity index (χ4n) is 2.50. The fourth-order valence-corrected chi connectivity index (χ4v) is 4.02. The summed E-state index contributed by atoms with van der Waals surface area (Å²) in [5, 5.41) is 18.6. The van der Waals surface area contributed by atoms with Crippen molar-refractivity contribution in [2.24, 2.45) is 0 Å². The second kappa shape index (κ2) is 4.57. The van der Waals surface area contributed by atoms with Gasteiger partial charge in [0, 0.05) is 25.3 Å². The normalized spacial score (nSPS) is 24.1. The Morgan fingerprint density at radius 1 is 1.30 bits per heavy atom. The number of sulfonamides is 1. The quantitative estimate of drug-likeness (QED) is 0.832. The van der Waals surface area contributed by atoms with Gasteiger partial charge in [0.15, 0.2) is 0 Å². The molecule has 8 heteroatoms. The van der Waals surface area contributed by atoms with E-state index in [0.717, 1.165) is 12.8 Å². The summed E-state index contributed by atoms with van der Waals surface area (Å²) in [6, 6.07) is 1.30. The largest absolute Gasteiger partial charge is 0.477 e. The highest BCUT2D eigenvalue weighted by molar-refractivity contribution is 7.89.